The average molecular weight is 371 g/mol. The highest BCUT2D eigenvalue weighted by Crippen LogP contribution is 2.12. The van der Waals surface area contributed by atoms with Gasteiger partial charge in [-0.3, -0.25) is 0 Å². The van der Waals surface area contributed by atoms with Crippen molar-refractivity contribution in [1.29, 1.82) is 5.26 Å². The van der Waals surface area contributed by atoms with Gasteiger partial charge in [0, 0.05) is 18.7 Å². The minimum atomic E-state index is 0.513. The molecule has 0 saturated heterocycles. The zero-order valence-corrected chi connectivity index (χ0v) is 16.4. The first-order valence-corrected chi connectivity index (χ1v) is 8.91. The van der Waals surface area contributed by atoms with Gasteiger partial charge in [0.15, 0.2) is 5.69 Å². The Morgan fingerprint density at radius 3 is 1.79 bits per heavy atom. The van der Waals surface area contributed by atoms with Crippen LogP contribution in [0.3, 0.4) is 0 Å². The third-order valence-electron chi connectivity index (χ3n) is 3.74. The Morgan fingerprint density at radius 2 is 1.36 bits per heavy atom. The van der Waals surface area contributed by atoms with Crippen LogP contribution in [0.25, 0.3) is 4.85 Å². The molecule has 4 N–H and O–H groups in total. The molecular weight excluding hydrogens is 344 g/mol. The maximum absolute atomic E-state index is 8.40. The molecule has 4 nitrogen and oxygen atoms in total. The van der Waals surface area contributed by atoms with Gasteiger partial charge in [0.05, 0.1) is 12.6 Å². The molecule has 0 aliphatic rings. The van der Waals surface area contributed by atoms with E-state index in [0.29, 0.717) is 24.3 Å². The van der Waals surface area contributed by atoms with Crippen LogP contribution in [0.15, 0.2) is 72.8 Å². The molecule has 4 heteroatoms. The number of nitrogens with two attached hydrogens (primary N) is 2. The summed E-state index contributed by atoms with van der Waals surface area (Å²) in [6.45, 7) is 12.0. The van der Waals surface area contributed by atoms with Gasteiger partial charge in [-0.25, -0.2) is 4.85 Å². The van der Waals surface area contributed by atoms with E-state index in [-0.39, 0.29) is 0 Å². The highest BCUT2D eigenvalue weighted by atomic mass is 14.6. The maximum Gasteiger partial charge on any atom is 0.188 e. The first-order chi connectivity index (χ1) is 13.5. The maximum atomic E-state index is 8.40. The summed E-state index contributed by atoms with van der Waals surface area (Å²) in [5.41, 5.74) is 16.9. The van der Waals surface area contributed by atoms with E-state index in [2.05, 4.69) is 43.0 Å². The molecule has 0 atom stereocenters. The van der Waals surface area contributed by atoms with E-state index in [1.807, 2.05) is 30.3 Å². The van der Waals surface area contributed by atoms with Crippen molar-refractivity contribution in [2.24, 2.45) is 11.5 Å². The lowest BCUT2D eigenvalue weighted by atomic mass is 10.1. The monoisotopic (exact) mass is 370 g/mol. The van der Waals surface area contributed by atoms with Crippen molar-refractivity contribution in [2.45, 2.75) is 26.9 Å². The van der Waals surface area contributed by atoms with E-state index in [9.17, 15) is 0 Å². The predicted octanol–water partition coefficient (Wildman–Crippen LogP) is 5.02. The predicted molar refractivity (Wildman–Crippen MR) is 116 cm³/mol. The molecule has 28 heavy (non-hydrogen) atoms. The van der Waals surface area contributed by atoms with E-state index in [0.717, 1.165) is 11.1 Å². The smallest absolute Gasteiger partial charge is 0.188 e. The van der Waals surface area contributed by atoms with Crippen LogP contribution in [0.5, 0.6) is 0 Å². The normalized spacial score (nSPS) is 8.93. The lowest BCUT2D eigenvalue weighted by Crippen LogP contribution is -2.00. The molecule has 3 rings (SSSR count). The molecule has 0 radical (unpaired) electrons. The molecule has 3 aromatic carbocycles. The number of hydrogen-bond acceptors (Lipinski definition) is 3. The van der Waals surface area contributed by atoms with Crippen LogP contribution in [-0.2, 0) is 13.1 Å². The van der Waals surface area contributed by atoms with Gasteiger partial charge in [-0.05, 0) is 37.1 Å². The Hall–Kier alpha value is -3.44. The van der Waals surface area contributed by atoms with Crippen molar-refractivity contribution < 1.29 is 0 Å². The van der Waals surface area contributed by atoms with Gasteiger partial charge in [-0.15, -0.1) is 0 Å². The summed E-state index contributed by atoms with van der Waals surface area (Å²) in [7, 11) is 0. The second-order valence-corrected chi connectivity index (χ2v) is 6.16. The molecule has 0 unspecified atom stereocenters. The second-order valence-electron chi connectivity index (χ2n) is 6.16. The second kappa shape index (κ2) is 12.8. The third-order valence-corrected chi connectivity index (χ3v) is 3.74. The van der Waals surface area contributed by atoms with Crippen LogP contribution in [0.1, 0.15) is 27.8 Å². The highest BCUT2D eigenvalue weighted by molar-refractivity contribution is 5.49. The van der Waals surface area contributed by atoms with Crippen molar-refractivity contribution >= 4 is 5.69 Å². The SMILES string of the molecule is Cc1cccc(C)c1.NCc1cccc(CN)c1.[C-]#[N+]c1cccc(C#N)c1. The standard InChI is InChI=1S/C8H4N2.C8H12N2.C8H10/c1-10-8-4-2-3-7(5-8)6-9;9-5-7-2-1-3-8(4-7)6-10;1-7-4-3-5-8(2)6-7/h2-5H;1-4H,5-6,9-10H2;3-6H,1-2H3. The van der Waals surface area contributed by atoms with Crippen molar-refractivity contribution in [2.75, 3.05) is 0 Å². The van der Waals surface area contributed by atoms with Gasteiger partial charge in [-0.2, -0.15) is 5.26 Å². The first kappa shape index (κ1) is 22.6. The van der Waals surface area contributed by atoms with Gasteiger partial charge in [-0.1, -0.05) is 71.8 Å². The average Bonchev–Trinajstić information content (AvgIpc) is 2.74. The van der Waals surface area contributed by atoms with Gasteiger partial charge in [0.1, 0.15) is 0 Å². The molecule has 0 saturated carbocycles. The molecule has 0 spiro atoms. The number of nitriles is 1. The topological polar surface area (TPSA) is 80.2 Å². The van der Waals surface area contributed by atoms with Crippen molar-refractivity contribution in [3.8, 4) is 6.07 Å². The van der Waals surface area contributed by atoms with Crippen molar-refractivity contribution in [3.05, 3.63) is 112 Å². The van der Waals surface area contributed by atoms with E-state index >= 15 is 0 Å². The molecule has 0 bridgehead atoms. The van der Waals surface area contributed by atoms with E-state index in [1.54, 1.807) is 24.3 Å². The zero-order chi connectivity index (χ0) is 20.8. The molecule has 0 aliphatic heterocycles. The van der Waals surface area contributed by atoms with Crippen LogP contribution in [0, 0.1) is 31.8 Å². The zero-order valence-electron chi connectivity index (χ0n) is 16.4. The Morgan fingerprint density at radius 1 is 0.821 bits per heavy atom. The Bertz CT molecular complexity index is 883. The van der Waals surface area contributed by atoms with Crippen LogP contribution < -0.4 is 11.5 Å². The number of benzene rings is 3. The molecule has 0 amide bonds. The Labute approximate surface area is 167 Å². The molecule has 0 heterocycles. The first-order valence-electron chi connectivity index (χ1n) is 8.91. The van der Waals surface area contributed by atoms with Gasteiger partial charge < -0.3 is 11.5 Å². The Kier molecular flexibility index (Phi) is 10.4. The number of nitrogens with zero attached hydrogens (tertiary/aromatic N) is 2. The quantitative estimate of drug-likeness (QED) is 0.622. The van der Waals surface area contributed by atoms with Crippen LogP contribution in [0.4, 0.5) is 5.69 Å². The molecule has 0 aliphatic carbocycles. The largest absolute Gasteiger partial charge is 0.326 e. The summed E-state index contributed by atoms with van der Waals surface area (Å²) in [6, 6.07) is 25.0. The number of rotatable bonds is 2. The highest BCUT2D eigenvalue weighted by Gasteiger charge is 1.91. The summed E-state index contributed by atoms with van der Waals surface area (Å²) in [4.78, 5) is 3.18. The lowest BCUT2D eigenvalue weighted by Gasteiger charge is -1.98. The number of aryl methyl sites for hydroxylation is 2. The molecule has 0 aromatic heterocycles. The summed E-state index contributed by atoms with van der Waals surface area (Å²) < 4.78 is 0. The fourth-order valence-electron chi connectivity index (χ4n) is 2.34. The lowest BCUT2D eigenvalue weighted by molar-refractivity contribution is 1.03. The molecule has 0 fully saturated rings. The van der Waals surface area contributed by atoms with Gasteiger partial charge >= 0.3 is 0 Å². The van der Waals surface area contributed by atoms with Crippen LogP contribution in [0.2, 0.25) is 0 Å². The summed E-state index contributed by atoms with van der Waals surface area (Å²) in [6.07, 6.45) is 0. The van der Waals surface area contributed by atoms with Crippen molar-refractivity contribution in [1.82, 2.24) is 0 Å². The van der Waals surface area contributed by atoms with Gasteiger partial charge in [0.25, 0.3) is 0 Å². The van der Waals surface area contributed by atoms with Crippen LogP contribution in [-0.4, -0.2) is 0 Å². The fraction of sp³-hybridized carbons (Fsp3) is 0.167. The molecular formula is C24H26N4. The van der Waals surface area contributed by atoms with Crippen LogP contribution >= 0.6 is 0 Å². The third kappa shape index (κ3) is 8.78. The summed E-state index contributed by atoms with van der Waals surface area (Å²) in [5.74, 6) is 0. The van der Waals surface area contributed by atoms with E-state index < -0.39 is 0 Å². The molecule has 3 aromatic rings. The van der Waals surface area contributed by atoms with E-state index in [1.165, 1.54) is 11.1 Å². The summed E-state index contributed by atoms with van der Waals surface area (Å²) >= 11 is 0. The molecule has 142 valence electrons. The fourth-order valence-corrected chi connectivity index (χ4v) is 2.34. The summed E-state index contributed by atoms with van der Waals surface area (Å²) in [5, 5.41) is 8.40. The minimum absolute atomic E-state index is 0.513. The Balaban J connectivity index is 0.000000212. The number of hydrogen-bond donors (Lipinski definition) is 2. The van der Waals surface area contributed by atoms with Crippen molar-refractivity contribution in [3.63, 3.8) is 0 Å². The minimum Gasteiger partial charge on any atom is -0.326 e. The van der Waals surface area contributed by atoms with E-state index in [4.69, 9.17) is 23.3 Å². The van der Waals surface area contributed by atoms with Gasteiger partial charge in [0.2, 0.25) is 0 Å².